The number of benzene rings is 1. The van der Waals surface area contributed by atoms with Gasteiger partial charge in [-0.1, -0.05) is 23.2 Å². The Morgan fingerprint density at radius 2 is 2.14 bits per heavy atom. The monoisotopic (exact) mass is 387 g/mol. The number of methoxy groups -OCH3 is 1. The van der Waals surface area contributed by atoms with E-state index in [-0.39, 0.29) is 16.9 Å². The number of esters is 1. The molecule has 0 aliphatic heterocycles. The summed E-state index contributed by atoms with van der Waals surface area (Å²) in [4.78, 5) is 11.9. The molecule has 0 fully saturated rings. The van der Waals surface area contributed by atoms with Crippen LogP contribution in [-0.2, 0) is 4.74 Å². The number of carbonyl (C=O) groups is 1. The summed E-state index contributed by atoms with van der Waals surface area (Å²) in [5.41, 5.74) is 6.41. The molecule has 0 unspecified atom stereocenters. The Labute approximate surface area is 138 Å². The lowest BCUT2D eigenvalue weighted by Gasteiger charge is -2.11. The lowest BCUT2D eigenvalue weighted by Crippen LogP contribution is -2.11. The predicted molar refractivity (Wildman–Crippen MR) is 84.0 cm³/mol. The van der Waals surface area contributed by atoms with E-state index in [2.05, 4.69) is 15.9 Å². The van der Waals surface area contributed by atoms with Gasteiger partial charge < -0.3 is 15.0 Å². The fraction of sp³-hybridized carbons (Fsp3) is 0.0769. The summed E-state index contributed by atoms with van der Waals surface area (Å²) in [7, 11) is 1.22. The Hall–Kier alpha value is -1.68. The van der Waals surface area contributed by atoms with E-state index in [0.717, 1.165) is 0 Å². The highest BCUT2D eigenvalue weighted by molar-refractivity contribution is 9.10. The minimum absolute atomic E-state index is 0.0186. The van der Waals surface area contributed by atoms with E-state index in [4.69, 9.17) is 38.9 Å². The zero-order valence-electron chi connectivity index (χ0n) is 10.7. The number of rotatable bonds is 2. The number of aromatic nitrogens is 1. The van der Waals surface area contributed by atoms with Gasteiger partial charge in [-0.25, -0.2) is 4.79 Å². The first kappa shape index (κ1) is 15.7. The maximum atomic E-state index is 11.9. The van der Waals surface area contributed by atoms with Crippen LogP contribution in [0.15, 0.2) is 22.8 Å². The van der Waals surface area contributed by atoms with Crippen molar-refractivity contribution in [1.82, 2.24) is 4.57 Å². The highest BCUT2D eigenvalue weighted by Crippen LogP contribution is 2.35. The first-order valence-corrected chi connectivity index (χ1v) is 7.09. The number of nitriles is 1. The van der Waals surface area contributed by atoms with Gasteiger partial charge in [-0.3, -0.25) is 0 Å². The third-order valence-electron chi connectivity index (χ3n) is 2.78. The van der Waals surface area contributed by atoms with E-state index >= 15 is 0 Å². The van der Waals surface area contributed by atoms with Crippen molar-refractivity contribution in [2.45, 2.75) is 0 Å². The third-order valence-corrected chi connectivity index (χ3v) is 4.25. The molecule has 0 atom stereocenters. The molecule has 0 radical (unpaired) electrons. The number of hydrogen-bond donors (Lipinski definition) is 1. The molecule has 0 spiro atoms. The molecule has 0 aliphatic rings. The van der Waals surface area contributed by atoms with Gasteiger partial charge in [0.15, 0.2) is 5.69 Å². The molecule has 0 bridgehead atoms. The van der Waals surface area contributed by atoms with Crippen molar-refractivity contribution in [3.05, 3.63) is 44.1 Å². The smallest absolute Gasteiger partial charge is 0.357 e. The molecule has 1 aromatic heterocycles. The molecule has 0 aliphatic carbocycles. The minimum Gasteiger partial charge on any atom is -0.464 e. The SMILES string of the molecule is COC(=O)c1c(N)c(C#N)cn1-c1cc(Cl)cc(Br)c1Cl. The van der Waals surface area contributed by atoms with Crippen LogP contribution in [0.25, 0.3) is 5.69 Å². The molecule has 0 saturated carbocycles. The summed E-state index contributed by atoms with van der Waals surface area (Å²) in [5.74, 6) is -0.679. The van der Waals surface area contributed by atoms with E-state index in [1.165, 1.54) is 17.9 Å². The molecule has 2 N–H and O–H groups in total. The van der Waals surface area contributed by atoms with Gasteiger partial charge in [-0.15, -0.1) is 0 Å². The van der Waals surface area contributed by atoms with Gasteiger partial charge in [-0.05, 0) is 28.1 Å². The van der Waals surface area contributed by atoms with Crippen LogP contribution in [-0.4, -0.2) is 17.6 Å². The number of hydrogen-bond acceptors (Lipinski definition) is 4. The van der Waals surface area contributed by atoms with E-state index < -0.39 is 5.97 Å². The summed E-state index contributed by atoms with van der Waals surface area (Å²) in [6.07, 6.45) is 1.41. The molecule has 0 amide bonds. The van der Waals surface area contributed by atoms with Crippen LogP contribution in [0.2, 0.25) is 10.0 Å². The molecule has 1 aromatic carbocycles. The Bertz CT molecular complexity index is 781. The normalized spacial score (nSPS) is 10.2. The standard InChI is InChI=1S/C13H8BrCl2N3O2/c1-21-13(20)12-11(18)6(4-17)5-19(12)9-3-7(15)2-8(14)10(9)16/h2-3,5H,18H2,1H3. The number of anilines is 1. The summed E-state index contributed by atoms with van der Waals surface area (Å²) >= 11 is 15.5. The van der Waals surface area contributed by atoms with Gasteiger partial charge in [0.25, 0.3) is 0 Å². The Balaban J connectivity index is 2.82. The molecule has 108 valence electrons. The average molecular weight is 389 g/mol. The molecular weight excluding hydrogens is 381 g/mol. The lowest BCUT2D eigenvalue weighted by atomic mass is 10.2. The number of carbonyl (C=O) groups excluding carboxylic acids is 1. The molecule has 5 nitrogen and oxygen atoms in total. The molecule has 2 aromatic rings. The third kappa shape index (κ3) is 2.72. The molecule has 21 heavy (non-hydrogen) atoms. The van der Waals surface area contributed by atoms with Gasteiger partial charge in [0.2, 0.25) is 0 Å². The van der Waals surface area contributed by atoms with Crippen molar-refractivity contribution >= 4 is 50.8 Å². The summed E-state index contributed by atoms with van der Waals surface area (Å²) < 4.78 is 6.64. The summed E-state index contributed by atoms with van der Waals surface area (Å²) in [6, 6.07) is 5.08. The van der Waals surface area contributed by atoms with Crippen molar-refractivity contribution in [1.29, 1.82) is 5.26 Å². The highest BCUT2D eigenvalue weighted by Gasteiger charge is 2.23. The zero-order chi connectivity index (χ0) is 15.7. The van der Waals surface area contributed by atoms with Crippen LogP contribution >= 0.6 is 39.1 Å². The van der Waals surface area contributed by atoms with Crippen LogP contribution in [0.4, 0.5) is 5.69 Å². The minimum atomic E-state index is -0.679. The van der Waals surface area contributed by atoms with Crippen molar-refractivity contribution in [2.24, 2.45) is 0 Å². The quantitative estimate of drug-likeness (QED) is 0.626. The van der Waals surface area contributed by atoms with Crippen LogP contribution in [0.1, 0.15) is 16.1 Å². The Morgan fingerprint density at radius 3 is 2.71 bits per heavy atom. The van der Waals surface area contributed by atoms with E-state index in [0.29, 0.717) is 20.2 Å². The summed E-state index contributed by atoms with van der Waals surface area (Å²) in [5, 5.41) is 9.80. The number of halogens is 3. The number of nitrogen functional groups attached to an aromatic ring is 1. The van der Waals surface area contributed by atoms with Gasteiger partial charge in [0.05, 0.1) is 29.1 Å². The van der Waals surface area contributed by atoms with Crippen molar-refractivity contribution in [3.63, 3.8) is 0 Å². The fourth-order valence-corrected chi connectivity index (χ4v) is 2.82. The van der Waals surface area contributed by atoms with Crippen molar-refractivity contribution in [3.8, 4) is 11.8 Å². The largest absolute Gasteiger partial charge is 0.464 e. The zero-order valence-corrected chi connectivity index (χ0v) is 13.8. The number of ether oxygens (including phenoxy) is 1. The number of nitrogens with two attached hydrogens (primary N) is 1. The van der Waals surface area contributed by atoms with Crippen molar-refractivity contribution < 1.29 is 9.53 Å². The van der Waals surface area contributed by atoms with Crippen LogP contribution in [0.5, 0.6) is 0 Å². The highest BCUT2D eigenvalue weighted by atomic mass is 79.9. The van der Waals surface area contributed by atoms with E-state index in [1.54, 1.807) is 12.1 Å². The van der Waals surface area contributed by atoms with Crippen LogP contribution in [0, 0.1) is 11.3 Å². The first-order valence-electron chi connectivity index (χ1n) is 5.54. The maximum absolute atomic E-state index is 11.9. The Morgan fingerprint density at radius 1 is 1.48 bits per heavy atom. The second kappa shape index (κ2) is 5.98. The average Bonchev–Trinajstić information content (AvgIpc) is 2.78. The van der Waals surface area contributed by atoms with Crippen LogP contribution in [0.3, 0.4) is 0 Å². The summed E-state index contributed by atoms with van der Waals surface area (Å²) in [6.45, 7) is 0. The lowest BCUT2D eigenvalue weighted by molar-refractivity contribution is 0.0593. The Kier molecular flexibility index (Phi) is 4.47. The van der Waals surface area contributed by atoms with Gasteiger partial charge in [0, 0.05) is 15.7 Å². The molecule has 2 rings (SSSR count). The second-order valence-corrected chi connectivity index (χ2v) is 5.67. The molecule has 1 heterocycles. The molecule has 0 saturated heterocycles. The molecular formula is C13H8BrCl2N3O2. The fourth-order valence-electron chi connectivity index (χ4n) is 1.82. The van der Waals surface area contributed by atoms with Gasteiger partial charge in [-0.2, -0.15) is 5.26 Å². The van der Waals surface area contributed by atoms with Crippen molar-refractivity contribution in [2.75, 3.05) is 12.8 Å². The predicted octanol–water partition coefficient (Wildman–Crippen LogP) is 3.79. The van der Waals surface area contributed by atoms with E-state index in [9.17, 15) is 4.79 Å². The maximum Gasteiger partial charge on any atom is 0.357 e. The van der Waals surface area contributed by atoms with Gasteiger partial charge in [0.1, 0.15) is 6.07 Å². The number of nitrogens with zero attached hydrogens (tertiary/aromatic N) is 2. The second-order valence-electron chi connectivity index (χ2n) is 4.00. The van der Waals surface area contributed by atoms with E-state index in [1.807, 2.05) is 6.07 Å². The topological polar surface area (TPSA) is 81.0 Å². The molecule has 8 heteroatoms. The van der Waals surface area contributed by atoms with Crippen LogP contribution < -0.4 is 5.73 Å². The first-order chi connectivity index (χ1) is 9.90. The van der Waals surface area contributed by atoms with Gasteiger partial charge >= 0.3 is 5.97 Å².